The molecule has 0 saturated carbocycles. The van der Waals surface area contributed by atoms with Crippen LogP contribution in [0.2, 0.25) is 0 Å². The van der Waals surface area contributed by atoms with Crippen LogP contribution in [-0.2, 0) is 9.53 Å². The second-order valence-electron chi connectivity index (χ2n) is 4.19. The van der Waals surface area contributed by atoms with E-state index < -0.39 is 12.0 Å². The Hall–Kier alpha value is -1.30. The Morgan fingerprint density at radius 2 is 1.94 bits per heavy atom. The summed E-state index contributed by atoms with van der Waals surface area (Å²) in [6, 6.07) is -1.14. The summed E-state index contributed by atoms with van der Waals surface area (Å²) < 4.78 is 4.96. The third-order valence-electron chi connectivity index (χ3n) is 2.92. The van der Waals surface area contributed by atoms with Crippen molar-refractivity contribution in [2.45, 2.75) is 45.7 Å². The zero-order chi connectivity index (χ0) is 14.1. The van der Waals surface area contributed by atoms with E-state index in [1.54, 1.807) is 18.9 Å². The molecule has 0 saturated heterocycles. The molecule has 0 aliphatic rings. The standard InChI is InChI=1S/C12H24N2O4/c1-5-9(3)14(7-8-18-4)12(17)13-10(6-2)11(15)16/h9-10H,5-8H2,1-4H3,(H,13,17)(H,15,16)/t9?,10-/m1/s1. The molecule has 2 amide bonds. The summed E-state index contributed by atoms with van der Waals surface area (Å²) in [4.78, 5) is 24.5. The highest BCUT2D eigenvalue weighted by molar-refractivity contribution is 5.82. The molecule has 0 fully saturated rings. The minimum atomic E-state index is -1.01. The van der Waals surface area contributed by atoms with Gasteiger partial charge in [-0.15, -0.1) is 0 Å². The zero-order valence-electron chi connectivity index (χ0n) is 11.6. The number of carbonyl (C=O) groups excluding carboxylic acids is 1. The Bertz CT molecular complexity index is 271. The summed E-state index contributed by atoms with van der Waals surface area (Å²) in [5.74, 6) is -1.01. The first-order chi connectivity index (χ1) is 8.47. The molecule has 0 aliphatic heterocycles. The van der Waals surface area contributed by atoms with Gasteiger partial charge in [0.2, 0.25) is 0 Å². The molecule has 2 atom stereocenters. The van der Waals surface area contributed by atoms with Gasteiger partial charge in [0.25, 0.3) is 0 Å². The summed E-state index contributed by atoms with van der Waals surface area (Å²) in [6.07, 6.45) is 1.17. The number of carbonyl (C=O) groups is 2. The van der Waals surface area contributed by atoms with Gasteiger partial charge < -0.3 is 20.1 Å². The largest absolute Gasteiger partial charge is 0.480 e. The Morgan fingerprint density at radius 3 is 2.33 bits per heavy atom. The number of carboxylic acid groups (broad SMARTS) is 1. The van der Waals surface area contributed by atoms with E-state index in [0.29, 0.717) is 19.6 Å². The van der Waals surface area contributed by atoms with E-state index in [-0.39, 0.29) is 12.1 Å². The third kappa shape index (κ3) is 5.35. The predicted octanol–water partition coefficient (Wildman–Crippen LogP) is 1.31. The first-order valence-corrected chi connectivity index (χ1v) is 6.26. The highest BCUT2D eigenvalue weighted by atomic mass is 16.5. The lowest BCUT2D eigenvalue weighted by Crippen LogP contribution is -2.51. The lowest BCUT2D eigenvalue weighted by molar-refractivity contribution is -0.139. The fraction of sp³-hybridized carbons (Fsp3) is 0.833. The molecule has 0 aromatic carbocycles. The predicted molar refractivity (Wildman–Crippen MR) is 68.6 cm³/mol. The number of rotatable bonds is 8. The summed E-state index contributed by atoms with van der Waals surface area (Å²) in [5, 5.41) is 11.4. The number of methoxy groups -OCH3 is 1. The molecule has 106 valence electrons. The molecule has 6 nitrogen and oxygen atoms in total. The third-order valence-corrected chi connectivity index (χ3v) is 2.92. The minimum Gasteiger partial charge on any atom is -0.480 e. The number of nitrogens with one attached hydrogen (secondary N) is 1. The highest BCUT2D eigenvalue weighted by Crippen LogP contribution is 2.05. The number of hydrogen-bond donors (Lipinski definition) is 2. The van der Waals surface area contributed by atoms with Crippen LogP contribution in [-0.4, -0.2) is 54.4 Å². The number of urea groups is 1. The van der Waals surface area contributed by atoms with Crippen LogP contribution in [0.5, 0.6) is 0 Å². The second kappa shape index (κ2) is 8.74. The Morgan fingerprint density at radius 1 is 1.33 bits per heavy atom. The van der Waals surface area contributed by atoms with Crippen LogP contribution in [0.15, 0.2) is 0 Å². The van der Waals surface area contributed by atoms with Gasteiger partial charge in [0.1, 0.15) is 6.04 Å². The molecule has 2 N–H and O–H groups in total. The average molecular weight is 260 g/mol. The van der Waals surface area contributed by atoms with E-state index in [9.17, 15) is 9.59 Å². The quantitative estimate of drug-likeness (QED) is 0.689. The number of carboxylic acids is 1. The number of amides is 2. The second-order valence-corrected chi connectivity index (χ2v) is 4.19. The maximum absolute atomic E-state index is 12.0. The molecule has 0 heterocycles. The lowest BCUT2D eigenvalue weighted by atomic mass is 10.2. The van der Waals surface area contributed by atoms with Gasteiger partial charge in [0, 0.05) is 19.7 Å². The van der Waals surface area contributed by atoms with Crippen LogP contribution >= 0.6 is 0 Å². The molecular weight excluding hydrogens is 236 g/mol. The molecule has 0 rings (SSSR count). The molecule has 0 bridgehead atoms. The Labute approximate surface area is 108 Å². The molecule has 0 spiro atoms. The maximum atomic E-state index is 12.0. The fourth-order valence-electron chi connectivity index (χ4n) is 1.50. The van der Waals surface area contributed by atoms with Crippen molar-refractivity contribution in [3.8, 4) is 0 Å². The normalized spacial score (nSPS) is 13.8. The summed E-state index contributed by atoms with van der Waals surface area (Å²) >= 11 is 0. The van der Waals surface area contributed by atoms with Crippen molar-refractivity contribution in [3.63, 3.8) is 0 Å². The number of ether oxygens (including phenoxy) is 1. The van der Waals surface area contributed by atoms with Crippen LogP contribution in [0.25, 0.3) is 0 Å². The van der Waals surface area contributed by atoms with Gasteiger partial charge in [-0.05, 0) is 19.8 Å². The number of hydrogen-bond acceptors (Lipinski definition) is 3. The molecule has 0 aliphatic carbocycles. The topological polar surface area (TPSA) is 78.9 Å². The Balaban J connectivity index is 4.58. The number of nitrogens with zero attached hydrogens (tertiary/aromatic N) is 1. The van der Waals surface area contributed by atoms with E-state index in [0.717, 1.165) is 6.42 Å². The van der Waals surface area contributed by atoms with E-state index in [2.05, 4.69) is 5.32 Å². The first-order valence-electron chi connectivity index (χ1n) is 6.26. The van der Waals surface area contributed by atoms with Crippen molar-refractivity contribution < 1.29 is 19.4 Å². The van der Waals surface area contributed by atoms with Crippen LogP contribution < -0.4 is 5.32 Å². The van der Waals surface area contributed by atoms with Gasteiger partial charge in [-0.1, -0.05) is 13.8 Å². The first kappa shape index (κ1) is 16.7. The highest BCUT2D eigenvalue weighted by Gasteiger charge is 2.23. The smallest absolute Gasteiger partial charge is 0.326 e. The zero-order valence-corrected chi connectivity index (χ0v) is 11.6. The van der Waals surface area contributed by atoms with Crippen molar-refractivity contribution in [2.24, 2.45) is 0 Å². The summed E-state index contributed by atoms with van der Waals surface area (Å²) in [5.41, 5.74) is 0. The van der Waals surface area contributed by atoms with Gasteiger partial charge in [0.05, 0.1) is 6.61 Å². The van der Waals surface area contributed by atoms with Gasteiger partial charge in [-0.2, -0.15) is 0 Å². The molecule has 0 radical (unpaired) electrons. The van der Waals surface area contributed by atoms with E-state index >= 15 is 0 Å². The maximum Gasteiger partial charge on any atom is 0.326 e. The average Bonchev–Trinajstić information content (AvgIpc) is 2.35. The summed E-state index contributed by atoms with van der Waals surface area (Å²) in [7, 11) is 1.57. The van der Waals surface area contributed by atoms with Crippen LogP contribution in [0.3, 0.4) is 0 Å². The Kier molecular flexibility index (Phi) is 8.11. The van der Waals surface area contributed by atoms with Crippen molar-refractivity contribution in [1.82, 2.24) is 10.2 Å². The molecule has 18 heavy (non-hydrogen) atoms. The van der Waals surface area contributed by atoms with Crippen molar-refractivity contribution in [3.05, 3.63) is 0 Å². The van der Waals surface area contributed by atoms with Crippen molar-refractivity contribution in [1.29, 1.82) is 0 Å². The molecule has 0 aromatic rings. The SMILES string of the molecule is CCC(C)N(CCOC)C(=O)N[C@H](CC)C(=O)O. The van der Waals surface area contributed by atoms with Gasteiger partial charge >= 0.3 is 12.0 Å². The van der Waals surface area contributed by atoms with Crippen LogP contribution in [0.4, 0.5) is 4.79 Å². The summed E-state index contributed by atoms with van der Waals surface area (Å²) in [6.45, 7) is 6.51. The van der Waals surface area contributed by atoms with E-state index in [1.165, 1.54) is 0 Å². The number of aliphatic carboxylic acids is 1. The molecule has 0 aromatic heterocycles. The molecule has 6 heteroatoms. The van der Waals surface area contributed by atoms with Crippen LogP contribution in [0.1, 0.15) is 33.6 Å². The minimum absolute atomic E-state index is 0.0476. The van der Waals surface area contributed by atoms with Gasteiger partial charge in [0.15, 0.2) is 0 Å². The van der Waals surface area contributed by atoms with Crippen molar-refractivity contribution >= 4 is 12.0 Å². The van der Waals surface area contributed by atoms with E-state index in [4.69, 9.17) is 9.84 Å². The molecular formula is C12H24N2O4. The van der Waals surface area contributed by atoms with E-state index in [1.807, 2.05) is 13.8 Å². The lowest BCUT2D eigenvalue weighted by Gasteiger charge is -2.29. The fourth-order valence-corrected chi connectivity index (χ4v) is 1.50. The monoisotopic (exact) mass is 260 g/mol. The van der Waals surface area contributed by atoms with Crippen LogP contribution in [0, 0.1) is 0 Å². The van der Waals surface area contributed by atoms with Gasteiger partial charge in [-0.3, -0.25) is 0 Å². The van der Waals surface area contributed by atoms with Crippen molar-refractivity contribution in [2.75, 3.05) is 20.3 Å². The van der Waals surface area contributed by atoms with Gasteiger partial charge in [-0.25, -0.2) is 9.59 Å². The molecule has 1 unspecified atom stereocenters.